The number of halogens is 4. The summed E-state index contributed by atoms with van der Waals surface area (Å²) in [6, 6.07) is 4.18. The number of anilines is 3. The van der Waals surface area contributed by atoms with Crippen molar-refractivity contribution in [3.8, 4) is 0 Å². The number of hydrogen-bond acceptors (Lipinski definition) is 8. The molecule has 40 heavy (non-hydrogen) atoms. The molecule has 0 radical (unpaired) electrons. The second kappa shape index (κ2) is 21.9. The molecule has 0 unspecified atom stereocenters. The number of pyridine rings is 3. The second-order valence-electron chi connectivity index (χ2n) is 8.77. The highest BCUT2D eigenvalue weighted by atomic mass is 79.9. The topological polar surface area (TPSA) is 157 Å². The molecule has 0 bridgehead atoms. The first-order valence-electron chi connectivity index (χ1n) is 13.2. The predicted molar refractivity (Wildman–Crippen MR) is 161 cm³/mol. The first kappa shape index (κ1) is 37.1. The molecule has 3 aromatic heterocycles. The van der Waals surface area contributed by atoms with Crippen molar-refractivity contribution in [2.24, 2.45) is 0 Å². The van der Waals surface area contributed by atoms with Crippen molar-refractivity contribution in [1.29, 1.82) is 0 Å². The summed E-state index contributed by atoms with van der Waals surface area (Å²) >= 11 is 3.04. The zero-order chi connectivity index (χ0) is 30.5. The lowest BCUT2D eigenvalue weighted by Gasteiger charge is -2.00. The van der Waals surface area contributed by atoms with Crippen LogP contribution in [0.5, 0.6) is 0 Å². The number of rotatable bonds is 9. The van der Waals surface area contributed by atoms with E-state index in [4.69, 9.17) is 27.2 Å². The van der Waals surface area contributed by atoms with Gasteiger partial charge in [-0.15, -0.1) is 0 Å². The third kappa shape index (κ3) is 17.6. The van der Waals surface area contributed by atoms with E-state index < -0.39 is 24.6 Å². The molecule has 8 N–H and O–H groups in total. The van der Waals surface area contributed by atoms with Crippen LogP contribution in [0, 0.1) is 17.5 Å². The highest BCUT2D eigenvalue weighted by Gasteiger charge is 2.03. The van der Waals surface area contributed by atoms with Crippen LogP contribution in [0.1, 0.15) is 70.4 Å². The van der Waals surface area contributed by atoms with Crippen molar-refractivity contribution < 1.29 is 23.2 Å². The van der Waals surface area contributed by atoms with Crippen LogP contribution in [0.25, 0.3) is 0 Å². The molecule has 3 rings (SSSR count). The van der Waals surface area contributed by atoms with E-state index in [9.17, 15) is 13.2 Å². The summed E-state index contributed by atoms with van der Waals surface area (Å²) in [6.45, 7) is 6.21. The average Bonchev–Trinajstić information content (AvgIpc) is 2.92. The number of nitrogens with zero attached hydrogens (tertiary/aromatic N) is 3. The van der Waals surface area contributed by atoms with E-state index in [-0.39, 0.29) is 17.5 Å². The van der Waals surface area contributed by atoms with E-state index in [1.54, 1.807) is 12.4 Å². The van der Waals surface area contributed by atoms with Crippen LogP contribution in [0.2, 0.25) is 6.32 Å². The van der Waals surface area contributed by atoms with E-state index in [1.165, 1.54) is 24.4 Å². The van der Waals surface area contributed by atoms with Gasteiger partial charge in [-0.3, -0.25) is 0 Å². The molecule has 0 spiro atoms. The molecule has 0 aromatic carbocycles. The normalized spacial score (nSPS) is 9.82. The van der Waals surface area contributed by atoms with Gasteiger partial charge in [-0.25, -0.2) is 28.1 Å². The van der Waals surface area contributed by atoms with Crippen molar-refractivity contribution in [2.75, 3.05) is 17.2 Å². The van der Waals surface area contributed by atoms with Gasteiger partial charge in [-0.2, -0.15) is 0 Å². The number of aromatic nitrogens is 3. The Morgan fingerprint density at radius 2 is 1.05 bits per heavy atom. The molecular weight excluding hydrogens is 588 g/mol. The maximum absolute atomic E-state index is 12.8. The van der Waals surface area contributed by atoms with Gasteiger partial charge >= 0.3 is 7.12 Å². The summed E-state index contributed by atoms with van der Waals surface area (Å²) in [4.78, 5) is 11.0. The highest BCUT2D eigenvalue weighted by Crippen LogP contribution is 2.13. The van der Waals surface area contributed by atoms with Crippen molar-refractivity contribution >= 4 is 40.5 Å². The Balaban J connectivity index is 0.000000518. The highest BCUT2D eigenvalue weighted by molar-refractivity contribution is 9.10. The Kier molecular flexibility index (Phi) is 20.3. The molecular formula is C27H41BBrF3N6O2. The standard InChI is InChI=1S/2C9H13FN2.C5H4BrFN2.C4H11BO2/c2*1-2-3-4-7-5-8(10)9(11)12-6-7;6-3-1-4(7)5(8)9-2-3;1-2-3-4-5(6)7/h2*5-6H,2-4H2,1H3,(H2,11,12);1-2H,(H2,8,9);6-7H,2-4H2,1H3. The number of aryl methyl sites for hydroxylation is 2. The largest absolute Gasteiger partial charge is 0.451 e. The van der Waals surface area contributed by atoms with E-state index in [2.05, 4.69) is 44.7 Å². The fraction of sp³-hybridized carbons (Fsp3) is 0.444. The van der Waals surface area contributed by atoms with Crippen molar-refractivity contribution in [3.63, 3.8) is 0 Å². The van der Waals surface area contributed by atoms with Crippen LogP contribution in [0.15, 0.2) is 41.3 Å². The molecule has 0 aliphatic carbocycles. The zero-order valence-corrected chi connectivity index (χ0v) is 25.0. The maximum Gasteiger partial charge on any atom is 0.451 e. The van der Waals surface area contributed by atoms with Crippen LogP contribution in [0.3, 0.4) is 0 Å². The second-order valence-corrected chi connectivity index (χ2v) is 9.69. The Morgan fingerprint density at radius 3 is 1.32 bits per heavy atom. The summed E-state index contributed by atoms with van der Waals surface area (Å²) in [5, 5.41) is 16.5. The monoisotopic (exact) mass is 628 g/mol. The van der Waals surface area contributed by atoms with Crippen molar-refractivity contribution in [1.82, 2.24) is 15.0 Å². The summed E-state index contributed by atoms with van der Waals surface area (Å²) in [7, 11) is -1.10. The molecule has 0 fully saturated rings. The average molecular weight is 629 g/mol. The molecule has 0 aliphatic rings. The lowest BCUT2D eigenvalue weighted by molar-refractivity contribution is 0.403. The van der Waals surface area contributed by atoms with Crippen LogP contribution < -0.4 is 17.2 Å². The fourth-order valence-corrected chi connectivity index (χ4v) is 3.13. The van der Waals surface area contributed by atoms with E-state index >= 15 is 0 Å². The molecule has 3 aromatic rings. The lowest BCUT2D eigenvalue weighted by Crippen LogP contribution is -2.08. The predicted octanol–water partition coefficient (Wildman–Crippen LogP) is 6.12. The SMILES string of the molecule is CCCCB(O)O.CCCCc1cnc(N)c(F)c1.CCCCc1cnc(N)c(F)c1.Nc1ncc(Br)cc1F. The fourth-order valence-electron chi connectivity index (χ4n) is 2.82. The Bertz CT molecular complexity index is 1060. The molecule has 0 saturated carbocycles. The molecule has 0 atom stereocenters. The van der Waals surface area contributed by atoms with Gasteiger partial charge in [0.1, 0.15) is 0 Å². The number of unbranched alkanes of at least 4 members (excludes halogenated alkanes) is 3. The van der Waals surface area contributed by atoms with E-state index in [1.807, 2.05) is 6.92 Å². The first-order chi connectivity index (χ1) is 18.9. The lowest BCUT2D eigenvalue weighted by atomic mass is 9.84. The molecule has 0 aliphatic heterocycles. The third-order valence-corrected chi connectivity index (χ3v) is 5.58. The van der Waals surface area contributed by atoms with Crippen LogP contribution in [-0.2, 0) is 12.8 Å². The van der Waals surface area contributed by atoms with E-state index in [0.717, 1.165) is 62.5 Å². The Morgan fingerprint density at radius 1 is 0.675 bits per heavy atom. The molecule has 222 valence electrons. The van der Waals surface area contributed by atoms with Crippen molar-refractivity contribution in [3.05, 3.63) is 69.8 Å². The molecule has 0 saturated heterocycles. The smallest absolute Gasteiger partial charge is 0.427 e. The van der Waals surface area contributed by atoms with E-state index in [0.29, 0.717) is 10.8 Å². The third-order valence-electron chi connectivity index (χ3n) is 5.14. The molecule has 3 heterocycles. The number of nitrogen functional groups attached to an aromatic ring is 3. The Labute approximate surface area is 243 Å². The van der Waals surface area contributed by atoms with Gasteiger partial charge in [0, 0.05) is 23.1 Å². The van der Waals surface area contributed by atoms with Crippen LogP contribution in [-0.4, -0.2) is 32.1 Å². The molecule has 0 amide bonds. The van der Waals surface area contributed by atoms with Gasteiger partial charge in [0.05, 0.1) is 0 Å². The maximum atomic E-state index is 12.8. The quantitative estimate of drug-likeness (QED) is 0.177. The van der Waals surface area contributed by atoms with Crippen LogP contribution >= 0.6 is 15.9 Å². The van der Waals surface area contributed by atoms with Gasteiger partial charge in [-0.1, -0.05) is 46.5 Å². The Hall–Kier alpha value is -2.90. The molecule has 8 nitrogen and oxygen atoms in total. The van der Waals surface area contributed by atoms with Gasteiger partial charge in [-0.05, 0) is 77.3 Å². The minimum atomic E-state index is -1.10. The van der Waals surface area contributed by atoms with Crippen molar-refractivity contribution in [2.45, 2.75) is 78.5 Å². The number of nitrogens with two attached hydrogens (primary N) is 3. The van der Waals surface area contributed by atoms with Gasteiger partial charge < -0.3 is 27.2 Å². The number of hydrogen-bond donors (Lipinski definition) is 5. The summed E-state index contributed by atoms with van der Waals surface area (Å²) in [6.07, 6.45) is 13.2. The summed E-state index contributed by atoms with van der Waals surface area (Å²) in [5.41, 5.74) is 17.4. The van der Waals surface area contributed by atoms with Gasteiger partial charge in [0.2, 0.25) is 0 Å². The van der Waals surface area contributed by atoms with Gasteiger partial charge in [0.15, 0.2) is 34.9 Å². The zero-order valence-electron chi connectivity index (χ0n) is 23.4. The summed E-state index contributed by atoms with van der Waals surface area (Å²) in [5.74, 6) is -1.43. The van der Waals surface area contributed by atoms with Gasteiger partial charge in [0.25, 0.3) is 0 Å². The minimum Gasteiger partial charge on any atom is -0.427 e. The van der Waals surface area contributed by atoms with Crippen LogP contribution in [0.4, 0.5) is 30.6 Å². The summed E-state index contributed by atoms with van der Waals surface area (Å²) < 4.78 is 38.6. The molecule has 13 heteroatoms. The first-order valence-corrected chi connectivity index (χ1v) is 14.0. The minimum absolute atomic E-state index is 0.0183.